The van der Waals surface area contributed by atoms with Gasteiger partial charge in [0, 0.05) is 6.54 Å². The van der Waals surface area contributed by atoms with Crippen LogP contribution in [0.15, 0.2) is 0 Å². The van der Waals surface area contributed by atoms with Crippen LogP contribution in [0.25, 0.3) is 0 Å². The van der Waals surface area contributed by atoms with Crippen LogP contribution in [-0.4, -0.2) is 60.5 Å². The zero-order valence-corrected chi connectivity index (χ0v) is 9.18. The van der Waals surface area contributed by atoms with Gasteiger partial charge in [0.2, 0.25) is 0 Å². The third-order valence-corrected chi connectivity index (χ3v) is 2.74. The van der Waals surface area contributed by atoms with Gasteiger partial charge in [-0.15, -0.1) is 0 Å². The fourth-order valence-electron chi connectivity index (χ4n) is 1.60. The number of rotatable bonds is 3. The molecule has 2 unspecified atom stereocenters. The predicted molar refractivity (Wildman–Crippen MR) is 50.5 cm³/mol. The Kier molecular flexibility index (Phi) is 3.38. The van der Waals surface area contributed by atoms with Crippen molar-refractivity contribution in [3.8, 4) is 0 Å². The molecule has 0 aromatic rings. The second kappa shape index (κ2) is 4.26. The molecule has 92 valence electrons. The number of nitrogens with zero attached hydrogens (tertiary/aromatic N) is 1. The average molecular weight is 253 g/mol. The molecule has 1 heterocycles. The maximum Gasteiger partial charge on any atom is 0.408 e. The van der Waals surface area contributed by atoms with Crippen molar-refractivity contribution < 1.29 is 32.4 Å². The highest BCUT2D eigenvalue weighted by Gasteiger charge is 2.44. The van der Waals surface area contributed by atoms with E-state index >= 15 is 0 Å². The van der Waals surface area contributed by atoms with Crippen LogP contribution in [0.1, 0.15) is 6.42 Å². The third kappa shape index (κ3) is 2.83. The lowest BCUT2D eigenvalue weighted by Crippen LogP contribution is -2.45. The van der Waals surface area contributed by atoms with Crippen LogP contribution >= 0.6 is 0 Å². The molecule has 1 fully saturated rings. The largest absolute Gasteiger partial charge is 0.480 e. The number of carboxylic acids is 1. The topological polar surface area (TPSA) is 121 Å². The Morgan fingerprint density at radius 1 is 1.38 bits per heavy atom. The van der Waals surface area contributed by atoms with E-state index in [1.807, 2.05) is 0 Å². The molecular weight excluding hydrogens is 242 g/mol. The van der Waals surface area contributed by atoms with E-state index in [0.29, 0.717) is 4.90 Å². The summed E-state index contributed by atoms with van der Waals surface area (Å²) in [5.74, 6) is -1.42. The number of likely N-dealkylation sites (tertiary alicyclic amines) is 1. The lowest BCUT2D eigenvalue weighted by Gasteiger charge is -2.21. The van der Waals surface area contributed by atoms with Crippen LogP contribution in [0.4, 0.5) is 4.79 Å². The SMILES string of the molecule is CS(=O)(=O)OC1CCN(C(=O)O)C1C(=O)O. The van der Waals surface area contributed by atoms with E-state index in [0.717, 1.165) is 6.26 Å². The molecule has 1 rings (SSSR count). The fourth-order valence-corrected chi connectivity index (χ4v) is 2.25. The Morgan fingerprint density at radius 3 is 2.31 bits per heavy atom. The van der Waals surface area contributed by atoms with Gasteiger partial charge in [-0.3, -0.25) is 9.08 Å². The molecular formula is C7H11NO7S. The molecule has 0 aromatic heterocycles. The van der Waals surface area contributed by atoms with Gasteiger partial charge in [0.05, 0.1) is 6.26 Å². The Hall–Kier alpha value is -1.35. The summed E-state index contributed by atoms with van der Waals surface area (Å²) in [5.41, 5.74) is 0. The van der Waals surface area contributed by atoms with Gasteiger partial charge in [0.1, 0.15) is 6.10 Å². The second-order valence-electron chi connectivity index (χ2n) is 3.39. The Morgan fingerprint density at radius 2 is 1.94 bits per heavy atom. The molecule has 0 saturated carbocycles. The lowest BCUT2D eigenvalue weighted by molar-refractivity contribution is -0.143. The Labute approximate surface area is 91.5 Å². The van der Waals surface area contributed by atoms with Crippen LogP contribution in [0.5, 0.6) is 0 Å². The van der Waals surface area contributed by atoms with E-state index in [-0.39, 0.29) is 13.0 Å². The minimum Gasteiger partial charge on any atom is -0.480 e. The summed E-state index contributed by atoms with van der Waals surface area (Å²) >= 11 is 0. The molecule has 16 heavy (non-hydrogen) atoms. The predicted octanol–water partition coefficient (Wildman–Crippen LogP) is -0.832. The van der Waals surface area contributed by atoms with Gasteiger partial charge in [0.25, 0.3) is 10.1 Å². The third-order valence-electron chi connectivity index (χ3n) is 2.14. The Balaban J connectivity index is 2.88. The minimum absolute atomic E-state index is 0.0380. The molecule has 9 heteroatoms. The number of hydrogen-bond donors (Lipinski definition) is 2. The summed E-state index contributed by atoms with van der Waals surface area (Å²) in [6, 6.07) is -1.48. The summed E-state index contributed by atoms with van der Waals surface area (Å²) in [5, 5.41) is 17.5. The average Bonchev–Trinajstić information content (AvgIpc) is 2.44. The second-order valence-corrected chi connectivity index (χ2v) is 4.99. The highest BCUT2D eigenvalue weighted by atomic mass is 32.2. The first kappa shape index (κ1) is 12.7. The van der Waals surface area contributed by atoms with Gasteiger partial charge in [-0.05, 0) is 6.42 Å². The van der Waals surface area contributed by atoms with E-state index in [9.17, 15) is 18.0 Å². The quantitative estimate of drug-likeness (QED) is 0.629. The van der Waals surface area contributed by atoms with E-state index in [2.05, 4.69) is 4.18 Å². The molecule has 0 spiro atoms. The minimum atomic E-state index is -3.81. The van der Waals surface area contributed by atoms with Crippen LogP contribution < -0.4 is 0 Å². The number of carbonyl (C=O) groups is 2. The maximum atomic E-state index is 10.9. The van der Waals surface area contributed by atoms with Crippen molar-refractivity contribution in [2.45, 2.75) is 18.6 Å². The van der Waals surface area contributed by atoms with Crippen molar-refractivity contribution in [2.24, 2.45) is 0 Å². The van der Waals surface area contributed by atoms with E-state index in [1.54, 1.807) is 0 Å². The van der Waals surface area contributed by atoms with Crippen LogP contribution in [-0.2, 0) is 19.1 Å². The molecule has 8 nitrogen and oxygen atoms in total. The molecule has 0 bridgehead atoms. The summed E-state index contributed by atoms with van der Waals surface area (Å²) in [4.78, 5) is 22.2. The zero-order valence-electron chi connectivity index (χ0n) is 8.36. The first-order chi connectivity index (χ1) is 7.22. The summed E-state index contributed by atoms with van der Waals surface area (Å²) in [6.45, 7) is -0.0630. The molecule has 0 aromatic carbocycles. The molecule has 1 saturated heterocycles. The van der Waals surface area contributed by atoms with Gasteiger partial charge in [-0.25, -0.2) is 9.59 Å². The summed E-state index contributed by atoms with van der Waals surface area (Å²) < 4.78 is 26.2. The smallest absolute Gasteiger partial charge is 0.408 e. The first-order valence-electron chi connectivity index (χ1n) is 4.33. The Bertz CT molecular complexity index is 403. The molecule has 1 aliphatic rings. The van der Waals surface area contributed by atoms with Crippen molar-refractivity contribution >= 4 is 22.2 Å². The molecule has 2 atom stereocenters. The van der Waals surface area contributed by atoms with Gasteiger partial charge in [-0.2, -0.15) is 8.42 Å². The van der Waals surface area contributed by atoms with Gasteiger partial charge >= 0.3 is 12.1 Å². The van der Waals surface area contributed by atoms with E-state index in [1.165, 1.54) is 0 Å². The fraction of sp³-hybridized carbons (Fsp3) is 0.714. The maximum absolute atomic E-state index is 10.9. The van der Waals surface area contributed by atoms with Gasteiger partial charge in [-0.1, -0.05) is 0 Å². The van der Waals surface area contributed by atoms with E-state index < -0.39 is 34.3 Å². The van der Waals surface area contributed by atoms with Crippen molar-refractivity contribution in [3.63, 3.8) is 0 Å². The molecule has 0 radical (unpaired) electrons. The van der Waals surface area contributed by atoms with Crippen LogP contribution in [0.3, 0.4) is 0 Å². The number of aliphatic carboxylic acids is 1. The van der Waals surface area contributed by atoms with Gasteiger partial charge in [0.15, 0.2) is 6.04 Å². The summed E-state index contributed by atoms with van der Waals surface area (Å²) in [6.07, 6.45) is -1.75. The monoisotopic (exact) mass is 253 g/mol. The number of carboxylic acid groups (broad SMARTS) is 2. The lowest BCUT2D eigenvalue weighted by atomic mass is 10.2. The van der Waals surface area contributed by atoms with Crippen molar-refractivity contribution in [2.75, 3.05) is 12.8 Å². The molecule has 1 amide bonds. The van der Waals surface area contributed by atoms with Crippen LogP contribution in [0.2, 0.25) is 0 Å². The standard InChI is InChI=1S/C7H11NO7S/c1-16(13,14)15-4-2-3-8(7(11)12)5(4)6(9)10/h4-5H,2-3H2,1H3,(H,9,10)(H,11,12). The summed E-state index contributed by atoms with van der Waals surface area (Å²) in [7, 11) is -3.81. The first-order valence-corrected chi connectivity index (χ1v) is 6.14. The molecule has 1 aliphatic heterocycles. The van der Waals surface area contributed by atoms with E-state index in [4.69, 9.17) is 10.2 Å². The van der Waals surface area contributed by atoms with Crippen molar-refractivity contribution in [1.29, 1.82) is 0 Å². The molecule has 2 N–H and O–H groups in total. The number of amides is 1. The zero-order chi connectivity index (χ0) is 12.5. The highest BCUT2D eigenvalue weighted by Crippen LogP contribution is 2.22. The normalized spacial score (nSPS) is 25.7. The number of hydrogen-bond acceptors (Lipinski definition) is 5. The molecule has 0 aliphatic carbocycles. The highest BCUT2D eigenvalue weighted by molar-refractivity contribution is 7.86. The van der Waals surface area contributed by atoms with Gasteiger partial charge < -0.3 is 10.2 Å². The van der Waals surface area contributed by atoms with Crippen LogP contribution in [0, 0.1) is 0 Å². The van der Waals surface area contributed by atoms with Crippen molar-refractivity contribution in [3.05, 3.63) is 0 Å². The van der Waals surface area contributed by atoms with Crippen molar-refractivity contribution in [1.82, 2.24) is 4.90 Å².